The van der Waals surface area contributed by atoms with Crippen molar-refractivity contribution in [2.45, 2.75) is 20.4 Å². The quantitative estimate of drug-likeness (QED) is 0.606. The number of fused-ring (bicyclic) bond motifs is 1. The van der Waals surface area contributed by atoms with Gasteiger partial charge >= 0.3 is 0 Å². The number of carbonyl (C=O) groups is 1. The second-order valence-electron chi connectivity index (χ2n) is 7.16. The van der Waals surface area contributed by atoms with E-state index in [9.17, 15) is 9.90 Å². The molecule has 146 valence electrons. The van der Waals surface area contributed by atoms with Crippen molar-refractivity contribution in [1.82, 2.24) is 9.47 Å². The Labute approximate surface area is 172 Å². The van der Waals surface area contributed by atoms with Crippen LogP contribution in [-0.4, -0.2) is 46.7 Å². The van der Waals surface area contributed by atoms with Gasteiger partial charge in [0.15, 0.2) is 5.78 Å². The predicted molar refractivity (Wildman–Crippen MR) is 113 cm³/mol. The zero-order valence-corrected chi connectivity index (χ0v) is 17.6. The zero-order chi connectivity index (χ0) is 19.8. The molecule has 1 fully saturated rings. The summed E-state index contributed by atoms with van der Waals surface area (Å²) >= 11 is 3.52. The number of nitrogens with zero attached hydrogens (tertiary/aromatic N) is 2. The van der Waals surface area contributed by atoms with Crippen LogP contribution in [0.3, 0.4) is 0 Å². The first-order valence-electron chi connectivity index (χ1n) is 9.41. The number of aromatic hydroxyl groups is 1. The van der Waals surface area contributed by atoms with E-state index >= 15 is 0 Å². The highest BCUT2D eigenvalue weighted by Crippen LogP contribution is 2.41. The Kier molecular flexibility index (Phi) is 5.27. The van der Waals surface area contributed by atoms with Gasteiger partial charge in [-0.3, -0.25) is 9.69 Å². The highest BCUT2D eigenvalue weighted by molar-refractivity contribution is 9.10. The Hall–Kier alpha value is -2.15. The summed E-state index contributed by atoms with van der Waals surface area (Å²) in [6, 6.07) is 11.9. The zero-order valence-electron chi connectivity index (χ0n) is 16.0. The second kappa shape index (κ2) is 7.70. The highest BCUT2D eigenvalue weighted by atomic mass is 79.9. The van der Waals surface area contributed by atoms with E-state index in [1.54, 1.807) is 6.92 Å². The van der Waals surface area contributed by atoms with Crippen molar-refractivity contribution < 1.29 is 14.6 Å². The van der Waals surface area contributed by atoms with E-state index in [0.29, 0.717) is 29.8 Å². The molecule has 4 rings (SSSR count). The number of phenols is 1. The molecule has 6 heteroatoms. The van der Waals surface area contributed by atoms with Gasteiger partial charge in [0, 0.05) is 47.5 Å². The maximum absolute atomic E-state index is 12.6. The maximum atomic E-state index is 12.6. The lowest BCUT2D eigenvalue weighted by atomic mass is 10.0. The lowest BCUT2D eigenvalue weighted by Crippen LogP contribution is -2.35. The molecule has 0 spiro atoms. The van der Waals surface area contributed by atoms with Crippen LogP contribution in [0.5, 0.6) is 5.75 Å². The lowest BCUT2D eigenvalue weighted by molar-refractivity contribution is 0.0340. The van der Waals surface area contributed by atoms with Crippen LogP contribution in [-0.2, 0) is 11.3 Å². The van der Waals surface area contributed by atoms with Crippen LogP contribution in [0.1, 0.15) is 28.5 Å². The van der Waals surface area contributed by atoms with E-state index in [1.807, 2.05) is 43.3 Å². The molecule has 2 aromatic carbocycles. The molecule has 0 bridgehead atoms. The summed E-state index contributed by atoms with van der Waals surface area (Å²) in [7, 11) is 0. The molecule has 0 aliphatic carbocycles. The summed E-state index contributed by atoms with van der Waals surface area (Å²) in [4.78, 5) is 14.9. The molecule has 5 nitrogen and oxygen atoms in total. The van der Waals surface area contributed by atoms with Crippen molar-refractivity contribution in [3.63, 3.8) is 0 Å². The molecule has 28 heavy (non-hydrogen) atoms. The smallest absolute Gasteiger partial charge is 0.162 e. The van der Waals surface area contributed by atoms with Gasteiger partial charge in [-0.25, -0.2) is 0 Å². The van der Waals surface area contributed by atoms with Gasteiger partial charge in [0.1, 0.15) is 5.75 Å². The van der Waals surface area contributed by atoms with Crippen LogP contribution >= 0.6 is 15.9 Å². The molecule has 0 atom stereocenters. The van der Waals surface area contributed by atoms with Crippen molar-refractivity contribution in [3.8, 4) is 11.4 Å². The summed E-state index contributed by atoms with van der Waals surface area (Å²) in [5, 5.41) is 11.7. The monoisotopic (exact) mass is 442 g/mol. The topological polar surface area (TPSA) is 54.7 Å². The molecule has 0 amide bonds. The Balaban J connectivity index is 2.01. The van der Waals surface area contributed by atoms with Crippen molar-refractivity contribution in [2.75, 3.05) is 26.3 Å². The molecule has 1 N–H and O–H groups in total. The molecule has 1 aliphatic heterocycles. The van der Waals surface area contributed by atoms with Crippen molar-refractivity contribution in [2.24, 2.45) is 0 Å². The first kappa shape index (κ1) is 19.2. The van der Waals surface area contributed by atoms with Crippen LogP contribution < -0.4 is 0 Å². The van der Waals surface area contributed by atoms with Crippen LogP contribution in [0.15, 0.2) is 40.9 Å². The van der Waals surface area contributed by atoms with Crippen molar-refractivity contribution >= 4 is 32.6 Å². The third-order valence-corrected chi connectivity index (χ3v) is 5.98. The molecule has 1 aromatic heterocycles. The third kappa shape index (κ3) is 3.26. The number of aromatic nitrogens is 1. The number of Topliss-reactive ketones (excluding diaryl/α,β-unsaturated/α-hetero) is 1. The predicted octanol–water partition coefficient (Wildman–Crippen LogP) is 4.44. The average molecular weight is 443 g/mol. The fourth-order valence-corrected chi connectivity index (χ4v) is 4.54. The van der Waals surface area contributed by atoms with Gasteiger partial charge in [-0.2, -0.15) is 0 Å². The Morgan fingerprint density at radius 1 is 1.21 bits per heavy atom. The number of halogens is 1. The van der Waals surface area contributed by atoms with Crippen LogP contribution in [0.4, 0.5) is 0 Å². The number of ether oxygens (including phenoxy) is 1. The van der Waals surface area contributed by atoms with Crippen LogP contribution in [0.2, 0.25) is 0 Å². The van der Waals surface area contributed by atoms with Gasteiger partial charge in [0.05, 0.1) is 23.2 Å². The van der Waals surface area contributed by atoms with Gasteiger partial charge in [-0.15, -0.1) is 0 Å². The van der Waals surface area contributed by atoms with E-state index in [-0.39, 0.29) is 11.5 Å². The standard InChI is InChI=1S/C22H23BrN2O3/c1-14-20(15(2)26)21-17(13-24-8-10-28-11-9-24)22(27)18(23)12-19(21)25(14)16-6-4-3-5-7-16/h3-7,12,27H,8-11,13H2,1-2H3. The van der Waals surface area contributed by atoms with Crippen molar-refractivity contribution in [1.29, 1.82) is 0 Å². The number of para-hydroxylation sites is 1. The fraction of sp³-hybridized carbons (Fsp3) is 0.318. The van der Waals surface area contributed by atoms with Crippen molar-refractivity contribution in [3.05, 3.63) is 57.7 Å². The molecular weight excluding hydrogens is 420 g/mol. The van der Waals surface area contributed by atoms with Crippen LogP contribution in [0.25, 0.3) is 16.6 Å². The fourth-order valence-electron chi connectivity index (χ4n) is 4.08. The number of phenolic OH excluding ortho intramolecular Hbond substituents is 1. The van der Waals surface area contributed by atoms with Crippen LogP contribution in [0, 0.1) is 6.92 Å². The molecular formula is C22H23BrN2O3. The maximum Gasteiger partial charge on any atom is 0.162 e. The molecule has 0 unspecified atom stereocenters. The Morgan fingerprint density at radius 2 is 1.89 bits per heavy atom. The number of morpholine rings is 1. The van der Waals surface area contributed by atoms with Gasteiger partial charge in [0.2, 0.25) is 0 Å². The molecule has 1 aliphatic rings. The third-order valence-electron chi connectivity index (χ3n) is 5.37. The summed E-state index contributed by atoms with van der Waals surface area (Å²) in [6.45, 7) is 7.11. The minimum atomic E-state index is 0.00197. The Morgan fingerprint density at radius 3 is 2.54 bits per heavy atom. The largest absolute Gasteiger partial charge is 0.506 e. The molecule has 3 aromatic rings. The first-order chi connectivity index (χ1) is 13.5. The van der Waals surface area contributed by atoms with Gasteiger partial charge in [-0.05, 0) is 48.0 Å². The summed E-state index contributed by atoms with van der Waals surface area (Å²) < 4.78 is 8.18. The van der Waals surface area contributed by atoms with Gasteiger partial charge in [-0.1, -0.05) is 18.2 Å². The lowest BCUT2D eigenvalue weighted by Gasteiger charge is -2.27. The van der Waals surface area contributed by atoms with E-state index in [2.05, 4.69) is 25.4 Å². The number of carbonyl (C=O) groups excluding carboxylic acids is 1. The first-order valence-corrected chi connectivity index (χ1v) is 10.2. The molecule has 0 saturated carbocycles. The number of hydrogen-bond donors (Lipinski definition) is 1. The number of benzene rings is 2. The summed E-state index contributed by atoms with van der Waals surface area (Å²) in [6.07, 6.45) is 0. The normalized spacial score (nSPS) is 15.2. The molecule has 0 radical (unpaired) electrons. The number of ketones is 1. The number of hydrogen-bond acceptors (Lipinski definition) is 4. The highest BCUT2D eigenvalue weighted by Gasteiger charge is 2.25. The van der Waals surface area contributed by atoms with E-state index in [0.717, 1.165) is 40.9 Å². The SMILES string of the molecule is CC(=O)c1c(C)n(-c2ccccc2)c2cc(Br)c(O)c(CN3CCOCC3)c12. The van der Waals surface area contributed by atoms with E-state index in [1.165, 1.54) is 0 Å². The van der Waals surface area contributed by atoms with E-state index < -0.39 is 0 Å². The minimum absolute atomic E-state index is 0.00197. The summed E-state index contributed by atoms with van der Waals surface area (Å²) in [5.41, 5.74) is 4.25. The molecule has 2 heterocycles. The average Bonchev–Trinajstić information content (AvgIpc) is 2.98. The minimum Gasteiger partial charge on any atom is -0.506 e. The van der Waals surface area contributed by atoms with Gasteiger partial charge in [0.25, 0.3) is 0 Å². The Bertz CT molecular complexity index is 1040. The second-order valence-corrected chi connectivity index (χ2v) is 8.01. The van der Waals surface area contributed by atoms with E-state index in [4.69, 9.17) is 4.74 Å². The number of rotatable bonds is 4. The molecule has 1 saturated heterocycles. The van der Waals surface area contributed by atoms with Gasteiger partial charge < -0.3 is 14.4 Å². The summed E-state index contributed by atoms with van der Waals surface area (Å²) in [5.74, 6) is 0.203.